The molecule has 0 spiro atoms. The summed E-state index contributed by atoms with van der Waals surface area (Å²) < 4.78 is 17.5. The third-order valence-electron chi connectivity index (χ3n) is 2.00. The summed E-state index contributed by atoms with van der Waals surface area (Å²) in [5.41, 5.74) is 0. The van der Waals surface area contributed by atoms with Crippen LogP contribution >= 0.6 is 0 Å². The van der Waals surface area contributed by atoms with E-state index in [1.54, 1.807) is 0 Å². The Hall–Kier alpha value is 1.36. The van der Waals surface area contributed by atoms with E-state index in [1.165, 1.54) is 19.3 Å². The molecule has 0 unspecified atom stereocenters. The van der Waals surface area contributed by atoms with Crippen LogP contribution in [0.2, 0.25) is 4.44 Å². The molecule has 0 bridgehead atoms. The van der Waals surface area contributed by atoms with Gasteiger partial charge < -0.3 is 0 Å². The molecule has 0 fully saturated rings. The number of rotatable bonds is 9. The predicted octanol–water partition coefficient (Wildman–Crippen LogP) is 1.85. The van der Waals surface area contributed by atoms with Gasteiger partial charge in [0.05, 0.1) is 0 Å². The van der Waals surface area contributed by atoms with Gasteiger partial charge in [-0.15, -0.1) is 0 Å². The maximum atomic E-state index is 11.3. The molecule has 0 saturated carbocycles. The topological polar surface area (TPSA) is 26.3 Å². The van der Waals surface area contributed by atoms with Crippen LogP contribution in [-0.4, -0.2) is 50.7 Å². The zero-order valence-corrected chi connectivity index (χ0v) is 11.8. The summed E-state index contributed by atoms with van der Waals surface area (Å²) in [5, 5.41) is 0. The Morgan fingerprint density at radius 3 is 2.21 bits per heavy atom. The molecule has 0 aliphatic carbocycles. The Bertz CT molecular complexity index is 129. The van der Waals surface area contributed by atoms with Crippen LogP contribution in [0.4, 0.5) is 0 Å². The molecular formula is C10H26O2Sn2. The van der Waals surface area contributed by atoms with Crippen LogP contribution in [-0.2, 0) is 6.15 Å². The van der Waals surface area contributed by atoms with Gasteiger partial charge in [0.1, 0.15) is 0 Å². The third-order valence-corrected chi connectivity index (χ3v) is 5.67. The Balaban J connectivity index is 0. The molecule has 0 aromatic heterocycles. The van der Waals surface area contributed by atoms with Crippen LogP contribution in [0.3, 0.4) is 0 Å². The molecule has 4 heteroatoms. The molecule has 0 N–H and O–H groups in total. The first kappa shape index (κ1) is 17.7. The van der Waals surface area contributed by atoms with Crippen LogP contribution in [0.1, 0.15) is 52.4 Å². The fourth-order valence-corrected chi connectivity index (χ4v) is 4.41. The SMILES string of the molecule is CCCCCC[O][Sn](=[O])[CH2]CCC.[SnH4]. The van der Waals surface area contributed by atoms with E-state index in [9.17, 15) is 3.08 Å². The van der Waals surface area contributed by atoms with Gasteiger partial charge in [0.15, 0.2) is 0 Å². The van der Waals surface area contributed by atoms with Crippen molar-refractivity contribution in [1.29, 1.82) is 0 Å². The normalized spacial score (nSPS) is 9.57. The van der Waals surface area contributed by atoms with Gasteiger partial charge in [0, 0.05) is 0 Å². The van der Waals surface area contributed by atoms with Crippen molar-refractivity contribution in [2.24, 2.45) is 0 Å². The van der Waals surface area contributed by atoms with Gasteiger partial charge >= 0.3 is 114 Å². The molecular weight excluding hydrogens is 390 g/mol. The molecule has 2 nitrogen and oxygen atoms in total. The first-order chi connectivity index (χ1) is 6.31. The Morgan fingerprint density at radius 2 is 1.64 bits per heavy atom. The molecule has 0 amide bonds. The van der Waals surface area contributed by atoms with Gasteiger partial charge in [-0.05, 0) is 0 Å². The van der Waals surface area contributed by atoms with Crippen LogP contribution in [0.15, 0.2) is 0 Å². The minimum absolute atomic E-state index is 0. The van der Waals surface area contributed by atoms with Crippen molar-refractivity contribution in [2.75, 3.05) is 6.61 Å². The fourth-order valence-electron chi connectivity index (χ4n) is 1.11. The fraction of sp³-hybridized carbons (Fsp3) is 1.00. The van der Waals surface area contributed by atoms with E-state index in [-0.39, 0.29) is 23.9 Å². The Morgan fingerprint density at radius 1 is 1.00 bits per heavy atom. The van der Waals surface area contributed by atoms with Gasteiger partial charge in [-0.25, -0.2) is 0 Å². The van der Waals surface area contributed by atoms with Crippen LogP contribution in [0.5, 0.6) is 0 Å². The number of unbranched alkanes of at least 4 members (excludes halogenated alkanes) is 4. The predicted molar refractivity (Wildman–Crippen MR) is 67.6 cm³/mol. The van der Waals surface area contributed by atoms with Crippen molar-refractivity contribution in [3.05, 3.63) is 0 Å². The number of hydrogen-bond donors (Lipinski definition) is 0. The number of hydrogen-bond acceptors (Lipinski definition) is 2. The summed E-state index contributed by atoms with van der Waals surface area (Å²) in [5.74, 6) is 0. The molecule has 0 rings (SSSR count). The zero-order valence-electron chi connectivity index (χ0n) is 8.97. The molecule has 0 aliphatic rings. The van der Waals surface area contributed by atoms with Gasteiger partial charge in [0.2, 0.25) is 0 Å². The quantitative estimate of drug-likeness (QED) is 0.424. The summed E-state index contributed by atoms with van der Waals surface area (Å²) >= 11 is -2.54. The molecule has 0 aromatic carbocycles. The zero-order chi connectivity index (χ0) is 9.94. The minimum atomic E-state index is -2.54. The van der Waals surface area contributed by atoms with Gasteiger partial charge in [-0.1, -0.05) is 0 Å². The second kappa shape index (κ2) is 14.4. The van der Waals surface area contributed by atoms with E-state index in [0.29, 0.717) is 0 Å². The molecule has 0 heterocycles. The molecule has 0 radical (unpaired) electrons. The monoisotopic (exact) mass is 418 g/mol. The van der Waals surface area contributed by atoms with Crippen LogP contribution < -0.4 is 0 Å². The van der Waals surface area contributed by atoms with E-state index in [2.05, 4.69) is 13.8 Å². The van der Waals surface area contributed by atoms with Crippen molar-refractivity contribution in [2.45, 2.75) is 56.8 Å². The van der Waals surface area contributed by atoms with E-state index in [0.717, 1.165) is 30.3 Å². The van der Waals surface area contributed by atoms with Crippen molar-refractivity contribution < 1.29 is 6.15 Å². The van der Waals surface area contributed by atoms with E-state index in [4.69, 9.17) is 3.07 Å². The first-order valence-corrected chi connectivity index (χ1v) is 9.81. The van der Waals surface area contributed by atoms with Crippen molar-refractivity contribution in [3.63, 3.8) is 0 Å². The summed E-state index contributed by atoms with van der Waals surface area (Å²) in [6.07, 6.45) is 7.04. The van der Waals surface area contributed by atoms with E-state index < -0.39 is 20.2 Å². The molecule has 0 aromatic rings. The molecule has 86 valence electrons. The van der Waals surface area contributed by atoms with Gasteiger partial charge in [-0.2, -0.15) is 0 Å². The summed E-state index contributed by atoms with van der Waals surface area (Å²) in [6, 6.07) is 0. The Kier molecular flexibility index (Phi) is 18.2. The van der Waals surface area contributed by atoms with Crippen molar-refractivity contribution in [1.82, 2.24) is 0 Å². The van der Waals surface area contributed by atoms with Crippen molar-refractivity contribution >= 4 is 44.1 Å². The van der Waals surface area contributed by atoms with Crippen LogP contribution in [0, 0.1) is 0 Å². The average molecular weight is 416 g/mol. The van der Waals surface area contributed by atoms with Gasteiger partial charge in [-0.3, -0.25) is 0 Å². The molecule has 0 atom stereocenters. The van der Waals surface area contributed by atoms with Crippen LogP contribution in [0.25, 0.3) is 0 Å². The maximum absolute atomic E-state index is 11.3. The summed E-state index contributed by atoms with van der Waals surface area (Å²) in [7, 11) is 0. The second-order valence-corrected chi connectivity index (χ2v) is 7.76. The van der Waals surface area contributed by atoms with E-state index in [1.807, 2.05) is 0 Å². The standard InChI is InChI=1S/C6H13O.C4H9.O.2Sn.4H/c1-2-3-4-5-6-7;1-3-4-2;;;;;;;/h2-6H2,1H3;1,3-4H2,2H3;;;;;;;/q-1;;;;+1;;;;. The van der Waals surface area contributed by atoms with Gasteiger partial charge in [0.25, 0.3) is 0 Å². The summed E-state index contributed by atoms with van der Waals surface area (Å²) in [6.45, 7) is 5.05. The second-order valence-electron chi connectivity index (χ2n) is 3.38. The molecule has 0 saturated heterocycles. The Labute approximate surface area is 113 Å². The first-order valence-electron chi connectivity index (χ1n) is 5.46. The molecule has 14 heavy (non-hydrogen) atoms. The third kappa shape index (κ3) is 13.4. The molecule has 0 aliphatic heterocycles. The van der Waals surface area contributed by atoms with E-state index >= 15 is 0 Å². The van der Waals surface area contributed by atoms with Crippen molar-refractivity contribution in [3.8, 4) is 0 Å². The summed E-state index contributed by atoms with van der Waals surface area (Å²) in [4.78, 5) is 0. The average Bonchev–Trinajstić information content (AvgIpc) is 2.14.